The maximum Gasteiger partial charge on any atom is 0.224 e. The number of fused-ring (bicyclic) bond motifs is 1. The maximum atomic E-state index is 12.7. The largest absolute Gasteiger partial charge is 0.493 e. The van der Waals surface area contributed by atoms with Crippen LogP contribution in [0.15, 0.2) is 53.5 Å². The molecule has 0 saturated carbocycles. The van der Waals surface area contributed by atoms with Gasteiger partial charge in [-0.25, -0.2) is 0 Å². The van der Waals surface area contributed by atoms with Crippen molar-refractivity contribution in [3.05, 3.63) is 59.7 Å². The smallest absolute Gasteiger partial charge is 0.224 e. The van der Waals surface area contributed by atoms with Crippen LogP contribution in [0.4, 0.5) is 5.69 Å². The Hall–Kier alpha value is -2.49. The third-order valence-corrected chi connectivity index (χ3v) is 6.15. The number of anilines is 1. The molecule has 2 aromatic carbocycles. The molecule has 1 amide bonds. The summed E-state index contributed by atoms with van der Waals surface area (Å²) in [6.07, 6.45) is 2.35. The van der Waals surface area contributed by atoms with E-state index < -0.39 is 0 Å². The molecule has 8 heteroatoms. The van der Waals surface area contributed by atoms with Crippen molar-refractivity contribution in [2.75, 3.05) is 57.3 Å². The minimum atomic E-state index is 0. The number of rotatable bonds is 8. The third-order valence-electron chi connectivity index (χ3n) is 6.15. The van der Waals surface area contributed by atoms with E-state index in [-0.39, 0.29) is 29.9 Å². The summed E-state index contributed by atoms with van der Waals surface area (Å²) in [5, 5.41) is 6.67. The Balaban J connectivity index is 0.00000324. The summed E-state index contributed by atoms with van der Waals surface area (Å²) in [7, 11) is 0. The summed E-state index contributed by atoms with van der Waals surface area (Å²) >= 11 is 0. The van der Waals surface area contributed by atoms with Gasteiger partial charge in [0.05, 0.1) is 13.2 Å². The van der Waals surface area contributed by atoms with Gasteiger partial charge in [0.25, 0.3) is 0 Å². The van der Waals surface area contributed by atoms with Gasteiger partial charge in [-0.15, -0.1) is 24.0 Å². The van der Waals surface area contributed by atoms with Crippen LogP contribution in [0.1, 0.15) is 24.5 Å². The number of nitrogens with zero attached hydrogens (tertiary/aromatic N) is 3. The van der Waals surface area contributed by atoms with Crippen molar-refractivity contribution in [1.29, 1.82) is 0 Å². The normalized spacial score (nSPS) is 15.3. The number of ether oxygens (including phenoxy) is 1. The van der Waals surface area contributed by atoms with Crippen LogP contribution in [0.5, 0.6) is 5.75 Å². The third kappa shape index (κ3) is 7.25. The molecule has 0 spiro atoms. The number of hydrogen-bond acceptors (Lipinski definition) is 4. The molecule has 2 aliphatic rings. The van der Waals surface area contributed by atoms with E-state index in [1.165, 1.54) is 16.8 Å². The lowest BCUT2D eigenvalue weighted by atomic mass is 10.1. The van der Waals surface area contributed by atoms with Gasteiger partial charge in [0, 0.05) is 57.8 Å². The molecule has 1 fully saturated rings. The van der Waals surface area contributed by atoms with E-state index in [0.29, 0.717) is 13.0 Å². The maximum absolute atomic E-state index is 12.7. The summed E-state index contributed by atoms with van der Waals surface area (Å²) < 4.78 is 5.58. The number of halogens is 1. The molecule has 184 valence electrons. The fourth-order valence-corrected chi connectivity index (χ4v) is 4.34. The quantitative estimate of drug-likeness (QED) is 0.287. The van der Waals surface area contributed by atoms with Gasteiger partial charge in [0.15, 0.2) is 5.96 Å². The molecule has 4 rings (SSSR count). The van der Waals surface area contributed by atoms with Crippen LogP contribution >= 0.6 is 24.0 Å². The molecule has 7 nitrogen and oxygen atoms in total. The second-order valence-electron chi connectivity index (χ2n) is 8.43. The number of aliphatic imine (C=N–C) groups is 1. The van der Waals surface area contributed by atoms with E-state index in [1.807, 2.05) is 11.0 Å². The van der Waals surface area contributed by atoms with Crippen molar-refractivity contribution >= 4 is 41.5 Å². The van der Waals surface area contributed by atoms with Gasteiger partial charge in [-0.1, -0.05) is 30.3 Å². The molecular weight excluding hydrogens is 541 g/mol. The van der Waals surface area contributed by atoms with Crippen molar-refractivity contribution in [3.8, 4) is 5.75 Å². The van der Waals surface area contributed by atoms with Crippen LogP contribution in [-0.4, -0.2) is 69.2 Å². The number of carbonyl (C=O) groups is 1. The Labute approximate surface area is 220 Å². The summed E-state index contributed by atoms with van der Waals surface area (Å²) in [4.78, 5) is 21.6. The zero-order valence-electron chi connectivity index (χ0n) is 20.0. The second-order valence-corrected chi connectivity index (χ2v) is 8.43. The van der Waals surface area contributed by atoms with E-state index in [0.717, 1.165) is 70.4 Å². The predicted molar refractivity (Wildman–Crippen MR) is 149 cm³/mol. The van der Waals surface area contributed by atoms with E-state index in [2.05, 4.69) is 69.9 Å². The number of hydrogen-bond donors (Lipinski definition) is 2. The van der Waals surface area contributed by atoms with E-state index in [4.69, 9.17) is 4.74 Å². The highest BCUT2D eigenvalue weighted by atomic mass is 127. The lowest BCUT2D eigenvalue weighted by Crippen LogP contribution is -2.49. The summed E-state index contributed by atoms with van der Waals surface area (Å²) in [5.41, 5.74) is 3.83. The highest BCUT2D eigenvalue weighted by Gasteiger charge is 2.20. The number of nitrogens with one attached hydrogen (secondary N) is 2. The van der Waals surface area contributed by atoms with E-state index >= 15 is 0 Å². The van der Waals surface area contributed by atoms with Crippen molar-refractivity contribution in [2.45, 2.75) is 26.2 Å². The highest BCUT2D eigenvalue weighted by molar-refractivity contribution is 14.0. The Morgan fingerprint density at radius 1 is 1.06 bits per heavy atom. The Kier molecular flexibility index (Phi) is 10.3. The first-order chi connectivity index (χ1) is 16.2. The standard InChI is InChI=1S/C26H35N5O2.HI/c1-2-27-26(28-13-10-21-8-9-24-22(20-21)12-19-33-24)29-14-11-25(32)31-17-15-30(16-18-31)23-6-4-3-5-7-23;/h3-9,20H,2,10-19H2,1H3,(H2,27,28,29);1H. The minimum Gasteiger partial charge on any atom is -0.493 e. The van der Waals surface area contributed by atoms with Gasteiger partial charge in [-0.05, 0) is 42.7 Å². The Morgan fingerprint density at radius 2 is 1.85 bits per heavy atom. The highest BCUT2D eigenvalue weighted by Crippen LogP contribution is 2.25. The average Bonchev–Trinajstić information content (AvgIpc) is 3.33. The molecule has 2 heterocycles. The molecule has 2 aromatic rings. The Bertz CT molecular complexity index is 945. The molecule has 2 aliphatic heterocycles. The fourth-order valence-electron chi connectivity index (χ4n) is 4.34. The molecule has 0 radical (unpaired) electrons. The molecule has 2 N–H and O–H groups in total. The van der Waals surface area contributed by atoms with Gasteiger partial charge in [0.1, 0.15) is 5.75 Å². The minimum absolute atomic E-state index is 0. The topological polar surface area (TPSA) is 69.2 Å². The molecular formula is C26H36IN5O2. The van der Waals surface area contributed by atoms with Crippen LogP contribution in [0.3, 0.4) is 0 Å². The van der Waals surface area contributed by atoms with Crippen molar-refractivity contribution in [3.63, 3.8) is 0 Å². The average molecular weight is 578 g/mol. The number of amides is 1. The van der Waals surface area contributed by atoms with Gasteiger partial charge >= 0.3 is 0 Å². The van der Waals surface area contributed by atoms with E-state index in [9.17, 15) is 4.79 Å². The number of carbonyl (C=O) groups excluding carboxylic acids is 1. The van der Waals surface area contributed by atoms with Gasteiger partial charge in [0.2, 0.25) is 5.91 Å². The number of para-hydroxylation sites is 1. The Morgan fingerprint density at radius 3 is 2.62 bits per heavy atom. The molecule has 0 unspecified atom stereocenters. The molecule has 34 heavy (non-hydrogen) atoms. The number of benzene rings is 2. The second kappa shape index (κ2) is 13.4. The fraction of sp³-hybridized carbons (Fsp3) is 0.462. The molecule has 0 atom stereocenters. The van der Waals surface area contributed by atoms with Crippen LogP contribution in [-0.2, 0) is 17.6 Å². The molecule has 0 aliphatic carbocycles. The van der Waals surface area contributed by atoms with E-state index in [1.54, 1.807) is 0 Å². The van der Waals surface area contributed by atoms with Crippen molar-refractivity contribution in [1.82, 2.24) is 15.5 Å². The first-order valence-electron chi connectivity index (χ1n) is 12.1. The molecule has 0 aromatic heterocycles. The zero-order valence-corrected chi connectivity index (χ0v) is 22.3. The first-order valence-corrected chi connectivity index (χ1v) is 12.1. The van der Waals surface area contributed by atoms with Crippen LogP contribution in [0.2, 0.25) is 0 Å². The van der Waals surface area contributed by atoms with Crippen molar-refractivity contribution in [2.24, 2.45) is 4.99 Å². The lowest BCUT2D eigenvalue weighted by Gasteiger charge is -2.36. The predicted octanol–water partition coefficient (Wildman–Crippen LogP) is 3.08. The zero-order chi connectivity index (χ0) is 22.9. The van der Waals surface area contributed by atoms with Gasteiger partial charge < -0.3 is 25.2 Å². The summed E-state index contributed by atoms with van der Waals surface area (Å²) in [5.74, 6) is 1.97. The number of piperazine rings is 1. The first kappa shape index (κ1) is 26.1. The molecule has 1 saturated heterocycles. The van der Waals surface area contributed by atoms with Crippen LogP contribution in [0, 0.1) is 0 Å². The van der Waals surface area contributed by atoms with Crippen molar-refractivity contribution < 1.29 is 9.53 Å². The van der Waals surface area contributed by atoms with Crippen LogP contribution < -0.4 is 20.3 Å². The van der Waals surface area contributed by atoms with Crippen LogP contribution in [0.25, 0.3) is 0 Å². The monoisotopic (exact) mass is 577 g/mol. The summed E-state index contributed by atoms with van der Waals surface area (Å²) in [6.45, 7) is 8.19. The number of guanidine groups is 1. The lowest BCUT2D eigenvalue weighted by molar-refractivity contribution is -0.131. The van der Waals surface area contributed by atoms with Gasteiger partial charge in [-0.2, -0.15) is 0 Å². The van der Waals surface area contributed by atoms with Gasteiger partial charge in [-0.3, -0.25) is 9.79 Å². The molecule has 0 bridgehead atoms. The summed E-state index contributed by atoms with van der Waals surface area (Å²) in [6, 6.07) is 16.8. The SMILES string of the molecule is CCNC(=NCCC(=O)N1CCN(c2ccccc2)CC1)NCCc1ccc2c(c1)CCO2.I.